The maximum Gasteiger partial charge on any atom is 0.314 e. The predicted octanol–water partition coefficient (Wildman–Crippen LogP) is 1.60. The van der Waals surface area contributed by atoms with E-state index >= 15 is 0 Å². The number of nitrogens with zero attached hydrogens (tertiary/aromatic N) is 1. The van der Waals surface area contributed by atoms with Gasteiger partial charge in [-0.3, -0.25) is 4.90 Å². The topological polar surface area (TPSA) is 62.8 Å². The highest BCUT2D eigenvalue weighted by Crippen LogP contribution is 2.36. The molecule has 2 saturated heterocycles. The van der Waals surface area contributed by atoms with E-state index in [0.29, 0.717) is 23.9 Å². The van der Waals surface area contributed by atoms with Crippen LogP contribution in [0.4, 0.5) is 4.79 Å². The summed E-state index contributed by atoms with van der Waals surface area (Å²) in [6.07, 6.45) is 6.12. The molecular formula is C18H33N3O3. The Morgan fingerprint density at radius 2 is 1.92 bits per heavy atom. The zero-order valence-corrected chi connectivity index (χ0v) is 15.0. The van der Waals surface area contributed by atoms with Gasteiger partial charge in [0.15, 0.2) is 0 Å². The SMILES string of the molecule is CC1(CNC(=O)NCC(C2CCOC2)N2CCOCC2)CCCC1. The molecule has 6 heteroatoms. The lowest BCUT2D eigenvalue weighted by molar-refractivity contribution is 0.00211. The average Bonchev–Trinajstić information content (AvgIpc) is 3.27. The third-order valence-electron chi connectivity index (χ3n) is 5.98. The van der Waals surface area contributed by atoms with Crippen LogP contribution in [0.2, 0.25) is 0 Å². The smallest absolute Gasteiger partial charge is 0.314 e. The van der Waals surface area contributed by atoms with Crippen molar-refractivity contribution in [2.45, 2.75) is 45.1 Å². The summed E-state index contributed by atoms with van der Waals surface area (Å²) < 4.78 is 11.0. The maximum absolute atomic E-state index is 12.2. The van der Waals surface area contributed by atoms with Crippen molar-refractivity contribution in [1.29, 1.82) is 0 Å². The fraction of sp³-hybridized carbons (Fsp3) is 0.944. The van der Waals surface area contributed by atoms with Crippen LogP contribution < -0.4 is 10.6 Å². The summed E-state index contributed by atoms with van der Waals surface area (Å²) in [5, 5.41) is 6.20. The summed E-state index contributed by atoms with van der Waals surface area (Å²) >= 11 is 0. The summed E-state index contributed by atoms with van der Waals surface area (Å²) in [7, 11) is 0. The lowest BCUT2D eigenvalue weighted by atomic mass is 9.89. The first-order valence-corrected chi connectivity index (χ1v) is 9.58. The van der Waals surface area contributed by atoms with Gasteiger partial charge >= 0.3 is 6.03 Å². The molecule has 2 amide bonds. The highest BCUT2D eigenvalue weighted by Gasteiger charge is 2.32. The highest BCUT2D eigenvalue weighted by atomic mass is 16.5. The number of nitrogens with one attached hydrogen (secondary N) is 2. The number of hydrogen-bond donors (Lipinski definition) is 2. The molecule has 0 radical (unpaired) electrons. The normalized spacial score (nSPS) is 28.6. The largest absolute Gasteiger partial charge is 0.381 e. The van der Waals surface area contributed by atoms with E-state index in [1.165, 1.54) is 25.7 Å². The number of rotatable bonds is 6. The van der Waals surface area contributed by atoms with Crippen LogP contribution in [0.5, 0.6) is 0 Å². The first kappa shape index (κ1) is 18.0. The number of urea groups is 1. The van der Waals surface area contributed by atoms with Gasteiger partial charge in [0.1, 0.15) is 0 Å². The first-order chi connectivity index (χ1) is 11.7. The molecule has 2 unspecified atom stereocenters. The zero-order chi connectivity index (χ0) is 16.8. The predicted molar refractivity (Wildman–Crippen MR) is 93.1 cm³/mol. The maximum atomic E-state index is 12.2. The molecule has 3 fully saturated rings. The minimum atomic E-state index is -0.0275. The zero-order valence-electron chi connectivity index (χ0n) is 15.0. The average molecular weight is 339 g/mol. The molecule has 3 rings (SSSR count). The molecular weight excluding hydrogens is 306 g/mol. The van der Waals surface area contributed by atoms with Crippen molar-refractivity contribution in [2.75, 3.05) is 52.6 Å². The number of carbonyl (C=O) groups is 1. The molecule has 138 valence electrons. The summed E-state index contributed by atoms with van der Waals surface area (Å²) in [5.74, 6) is 0.510. The minimum absolute atomic E-state index is 0.0275. The van der Waals surface area contributed by atoms with Crippen molar-refractivity contribution in [3.63, 3.8) is 0 Å². The molecule has 1 aliphatic carbocycles. The van der Waals surface area contributed by atoms with Crippen molar-refractivity contribution in [3.8, 4) is 0 Å². The van der Waals surface area contributed by atoms with Gasteiger partial charge in [0, 0.05) is 44.7 Å². The van der Waals surface area contributed by atoms with Gasteiger partial charge in [-0.25, -0.2) is 4.79 Å². The van der Waals surface area contributed by atoms with Crippen LogP contribution in [-0.4, -0.2) is 69.6 Å². The van der Waals surface area contributed by atoms with Crippen LogP contribution >= 0.6 is 0 Å². The van der Waals surface area contributed by atoms with Crippen LogP contribution in [0.25, 0.3) is 0 Å². The molecule has 2 N–H and O–H groups in total. The molecule has 1 saturated carbocycles. The number of carbonyl (C=O) groups excluding carboxylic acids is 1. The molecule has 2 aliphatic heterocycles. The number of morpholine rings is 1. The second kappa shape index (κ2) is 8.50. The van der Waals surface area contributed by atoms with Gasteiger partial charge in [0.05, 0.1) is 19.8 Å². The summed E-state index contributed by atoms with van der Waals surface area (Å²) in [6.45, 7) is 8.88. The van der Waals surface area contributed by atoms with Gasteiger partial charge in [-0.05, 0) is 24.7 Å². The van der Waals surface area contributed by atoms with Crippen molar-refractivity contribution in [2.24, 2.45) is 11.3 Å². The Hall–Kier alpha value is -0.850. The molecule has 0 spiro atoms. The van der Waals surface area contributed by atoms with E-state index in [1.54, 1.807) is 0 Å². The van der Waals surface area contributed by atoms with Crippen molar-refractivity contribution >= 4 is 6.03 Å². The summed E-state index contributed by atoms with van der Waals surface area (Å²) in [6, 6.07) is 0.324. The monoisotopic (exact) mass is 339 g/mol. The van der Waals surface area contributed by atoms with Gasteiger partial charge in [-0.15, -0.1) is 0 Å². The Bertz CT molecular complexity index is 400. The van der Waals surface area contributed by atoms with Crippen LogP contribution in [0.1, 0.15) is 39.0 Å². The molecule has 0 aromatic carbocycles. The van der Waals surface area contributed by atoms with Crippen LogP contribution in [0, 0.1) is 11.3 Å². The Labute approximate surface area is 145 Å². The molecule has 0 aromatic heterocycles. The molecule has 6 nitrogen and oxygen atoms in total. The first-order valence-electron chi connectivity index (χ1n) is 9.58. The van der Waals surface area contributed by atoms with E-state index in [-0.39, 0.29) is 6.03 Å². The van der Waals surface area contributed by atoms with Crippen molar-refractivity contribution < 1.29 is 14.3 Å². The van der Waals surface area contributed by atoms with E-state index in [0.717, 1.165) is 52.5 Å². The Balaban J connectivity index is 1.46. The van der Waals surface area contributed by atoms with Crippen LogP contribution in [-0.2, 0) is 9.47 Å². The summed E-state index contributed by atoms with van der Waals surface area (Å²) in [5.41, 5.74) is 0.292. The second-order valence-electron chi connectivity index (χ2n) is 7.92. The number of hydrogen-bond acceptors (Lipinski definition) is 4. The van der Waals surface area contributed by atoms with E-state index in [1.807, 2.05) is 0 Å². The fourth-order valence-electron chi connectivity index (χ4n) is 4.32. The van der Waals surface area contributed by atoms with Gasteiger partial charge in [-0.2, -0.15) is 0 Å². The minimum Gasteiger partial charge on any atom is -0.381 e. The third-order valence-corrected chi connectivity index (χ3v) is 5.98. The van der Waals surface area contributed by atoms with Crippen molar-refractivity contribution in [1.82, 2.24) is 15.5 Å². The lowest BCUT2D eigenvalue weighted by Gasteiger charge is -2.37. The molecule has 0 aromatic rings. The van der Waals surface area contributed by atoms with Crippen LogP contribution in [0.15, 0.2) is 0 Å². The molecule has 0 bridgehead atoms. The quantitative estimate of drug-likeness (QED) is 0.772. The molecule has 2 heterocycles. The Kier molecular flexibility index (Phi) is 6.36. The van der Waals surface area contributed by atoms with E-state index < -0.39 is 0 Å². The van der Waals surface area contributed by atoms with Gasteiger partial charge < -0.3 is 20.1 Å². The Morgan fingerprint density at radius 1 is 1.17 bits per heavy atom. The summed E-state index contributed by atoms with van der Waals surface area (Å²) in [4.78, 5) is 14.7. The van der Waals surface area contributed by atoms with Gasteiger partial charge in [-0.1, -0.05) is 19.8 Å². The van der Waals surface area contributed by atoms with Crippen molar-refractivity contribution in [3.05, 3.63) is 0 Å². The van der Waals surface area contributed by atoms with Gasteiger partial charge in [0.25, 0.3) is 0 Å². The van der Waals surface area contributed by atoms with E-state index in [4.69, 9.17) is 9.47 Å². The molecule has 2 atom stereocenters. The molecule has 24 heavy (non-hydrogen) atoms. The molecule has 3 aliphatic rings. The second-order valence-corrected chi connectivity index (χ2v) is 7.92. The Morgan fingerprint density at radius 3 is 2.58 bits per heavy atom. The number of amides is 2. The standard InChI is InChI=1S/C18H33N3O3/c1-18(5-2-3-6-18)14-20-17(22)19-12-16(15-4-9-24-13-15)21-7-10-23-11-8-21/h15-16H,2-14H2,1H3,(H2,19,20,22). The number of ether oxygens (including phenoxy) is 2. The third kappa shape index (κ3) is 4.83. The highest BCUT2D eigenvalue weighted by molar-refractivity contribution is 5.73. The fourth-order valence-corrected chi connectivity index (χ4v) is 4.32. The van der Waals surface area contributed by atoms with Crippen LogP contribution in [0.3, 0.4) is 0 Å². The lowest BCUT2D eigenvalue weighted by Crippen LogP contribution is -2.53. The van der Waals surface area contributed by atoms with Gasteiger partial charge in [0.2, 0.25) is 0 Å². The van der Waals surface area contributed by atoms with E-state index in [9.17, 15) is 4.79 Å². The van der Waals surface area contributed by atoms with E-state index in [2.05, 4.69) is 22.5 Å².